The Morgan fingerprint density at radius 3 is 1.04 bits per heavy atom. The van der Waals surface area contributed by atoms with Gasteiger partial charge in [0.2, 0.25) is 0 Å². The average molecular weight is 2340 g/mol. The summed E-state index contributed by atoms with van der Waals surface area (Å²) >= 11 is 1.76. The summed E-state index contributed by atoms with van der Waals surface area (Å²) in [5.41, 5.74) is 20.9. The van der Waals surface area contributed by atoms with Crippen molar-refractivity contribution >= 4 is 11.8 Å². The van der Waals surface area contributed by atoms with E-state index in [1.54, 1.807) is 60.7 Å². The minimum atomic E-state index is -2.61. The zero-order valence-corrected chi connectivity index (χ0v) is 82.3. The van der Waals surface area contributed by atoms with Crippen LogP contribution in [0.25, 0.3) is 134 Å². The van der Waals surface area contributed by atoms with Crippen LogP contribution in [0.2, 0.25) is 0 Å². The molecule has 12 aromatic carbocycles. The molecule has 135 heavy (non-hydrogen) atoms. The predicted octanol–water partition coefficient (Wildman–Crippen LogP) is 32.4. The van der Waals surface area contributed by atoms with Crippen LogP contribution in [0.1, 0.15) is 151 Å². The molecule has 3 aliphatic heterocycles. The number of ether oxygens (including phenoxy) is 2. The van der Waals surface area contributed by atoms with Crippen LogP contribution in [-0.2, 0) is 79.4 Å². The zero-order chi connectivity index (χ0) is 117. The molecule has 0 N–H and O–H groups in total. The molecule has 21 rings (SSSR count). The second-order valence-corrected chi connectivity index (χ2v) is 33.8. The van der Waals surface area contributed by atoms with Gasteiger partial charge in [0.25, 0.3) is 0 Å². The number of pyridine rings is 6. The molecule has 18 aromatic rings. The molecule has 6 aromatic heterocycles. The summed E-state index contributed by atoms with van der Waals surface area (Å²) in [5, 5.41) is 0. The first kappa shape index (κ1) is 66.8. The first-order valence-electron chi connectivity index (χ1n) is 57.7. The number of nitrogens with zero attached hydrogens (tertiary/aromatic N) is 6. The molecule has 0 unspecified atom stereocenters. The van der Waals surface area contributed by atoms with Crippen molar-refractivity contribution in [2.24, 2.45) is 17.3 Å². The zero-order valence-electron chi connectivity index (χ0n) is 104. The van der Waals surface area contributed by atoms with E-state index < -0.39 is 79.3 Å². The van der Waals surface area contributed by atoms with E-state index in [9.17, 15) is 0 Å². The number of fused-ring (bicyclic) bond motifs is 15. The van der Waals surface area contributed by atoms with Crippen molar-refractivity contribution in [3.8, 4) is 157 Å². The van der Waals surface area contributed by atoms with Gasteiger partial charge >= 0.3 is 0 Å². The number of hydrogen-bond donors (Lipinski definition) is 0. The van der Waals surface area contributed by atoms with E-state index in [0.717, 1.165) is 113 Å². The third-order valence-corrected chi connectivity index (χ3v) is 22.1. The minimum absolute atomic E-state index is 0. The minimum Gasteiger partial charge on any atom is -0.500 e. The summed E-state index contributed by atoms with van der Waals surface area (Å²) in [4.78, 5) is 28.1. The molecule has 12 heteroatoms. The molecule has 0 bridgehead atoms. The Morgan fingerprint density at radius 1 is 0.289 bits per heavy atom. The predicted molar refractivity (Wildman–Crippen MR) is 546 cm³/mol. The van der Waals surface area contributed by atoms with E-state index >= 15 is 0 Å². The van der Waals surface area contributed by atoms with E-state index in [2.05, 4.69) is 157 Å². The first-order valence-corrected chi connectivity index (χ1v) is 43.5. The fraction of sp³-hybridized carbons (Fsp3) is 0.171. The SMILES string of the molecule is [2H]C([2H])([2H])c1c[c-]c(-c2cc(C([2H])([2H])[2H])c(C([2H])([2H])[2H])cn2)cc1.[2H]C([2H])([2H])c1c[c-]c(-c2cc(C([2H])([2H])[2H])c(C([2H])([2H])[2H])cn2)cc1.[2H]C([2H])([2H])c1c[c-]c(-c2ccc(C([2H])([2H])[2H])cn2)cc1.[2H]C([2H])(c1ccnc(-c2[c-]cc3c(c2)-c2ccccc2-c2ccccc2O3)c1)C(C)C.[2H]C([2H])(c1ccnc(-c2[c-]cc3c(c2)-c2ccccc2-c2ccccc2O3)c1)C(C)C.[2H]C([2H])(c1ccnc(-c2[c-]cc3c(c2)-c2ccccc2-c2ccccc2S3)c1)C(C)(C)C.[Ir].[Ir].[Ir]. The molecule has 3 radical (unpaired) electrons. The molecule has 0 atom stereocenters. The van der Waals surface area contributed by atoms with E-state index in [1.807, 2.05) is 158 Å². The summed E-state index contributed by atoms with van der Waals surface area (Å²) < 4.78 is 241. The Balaban J connectivity index is 0.000000163. The number of aromatic nitrogens is 6. The van der Waals surface area contributed by atoms with Gasteiger partial charge in [0.15, 0.2) is 0 Å². The second kappa shape index (κ2) is 46.1. The van der Waals surface area contributed by atoms with Gasteiger partial charge < -0.3 is 39.4 Å². The quantitative estimate of drug-likeness (QED) is 0.117. The van der Waals surface area contributed by atoms with Crippen molar-refractivity contribution in [3.63, 3.8) is 0 Å². The van der Waals surface area contributed by atoms with Crippen LogP contribution in [0.15, 0.2) is 344 Å². The molecular weight excluding hydrogens is 2200 g/mol. The van der Waals surface area contributed by atoms with Crippen LogP contribution in [0.3, 0.4) is 0 Å². The number of benzene rings is 12. The Kier molecular flexibility index (Phi) is 22.8. The maximum atomic E-state index is 8.65. The summed E-state index contributed by atoms with van der Waals surface area (Å²) in [5.74, 6) is 2.85. The maximum absolute atomic E-state index is 8.65. The molecule has 0 saturated carbocycles. The van der Waals surface area contributed by atoms with Crippen molar-refractivity contribution in [3.05, 3.63) is 432 Å². The summed E-state index contributed by atoms with van der Waals surface area (Å²) in [6, 6.07) is 109. The van der Waals surface area contributed by atoms with Gasteiger partial charge in [-0.1, -0.05) is 288 Å². The normalized spacial score (nSPS) is 15.6. The molecule has 0 amide bonds. The molecule has 0 aliphatic carbocycles. The Hall–Kier alpha value is -12.6. The van der Waals surface area contributed by atoms with E-state index in [1.165, 1.54) is 94.5 Å². The molecule has 3 aliphatic rings. The van der Waals surface area contributed by atoms with Crippen molar-refractivity contribution in [1.82, 2.24) is 29.9 Å². The largest absolute Gasteiger partial charge is 0.500 e. The molecule has 0 spiro atoms. The molecule has 9 heterocycles. The van der Waals surface area contributed by atoms with E-state index in [4.69, 9.17) is 50.6 Å². The van der Waals surface area contributed by atoms with Gasteiger partial charge in [-0.3, -0.25) is 0 Å². The second-order valence-electron chi connectivity index (χ2n) is 32.7. The van der Waals surface area contributed by atoms with Crippen LogP contribution < -0.4 is 9.47 Å². The number of para-hydroxylation sites is 2. The van der Waals surface area contributed by atoms with Gasteiger partial charge in [0.1, 0.15) is 11.5 Å². The van der Waals surface area contributed by atoms with Crippen LogP contribution in [-0.4, -0.2) is 29.9 Å². The molecule has 8 nitrogen and oxygen atoms in total. The van der Waals surface area contributed by atoms with Gasteiger partial charge in [0.05, 0.1) is 11.5 Å². The molecule has 0 saturated heterocycles. The van der Waals surface area contributed by atoms with Crippen LogP contribution in [0, 0.1) is 108 Å². The Labute approximate surface area is 885 Å². The van der Waals surface area contributed by atoms with Gasteiger partial charge in [-0.15, -0.1) is 189 Å². The summed E-state index contributed by atoms with van der Waals surface area (Å²) in [7, 11) is 0. The van der Waals surface area contributed by atoms with Crippen molar-refractivity contribution < 1.29 is 111 Å². The summed E-state index contributed by atoms with van der Waals surface area (Å²) in [6.45, 7) is -5.95. The fourth-order valence-electron chi connectivity index (χ4n) is 14.9. The smallest absolute Gasteiger partial charge is 0.122 e. The monoisotopic (exact) mass is 2340 g/mol. The Bertz CT molecular complexity index is 8040. The number of aryl methyl sites for hydroxylation is 8. The maximum Gasteiger partial charge on any atom is 0.122 e. The summed E-state index contributed by atoms with van der Waals surface area (Å²) in [6.07, 6.45) is 4.06. The molecule has 0 fully saturated rings. The topological polar surface area (TPSA) is 95.8 Å². The third kappa shape index (κ3) is 25.3. The van der Waals surface area contributed by atoms with Crippen molar-refractivity contribution in [1.29, 1.82) is 0 Å². The average Bonchev–Trinajstić information content (AvgIpc) is 1.46. The standard InChI is InChI=1S/C28H24NS.2C27H22NO.2C14H14N.C13H12N.3Ir/c1-28(2,3)18-19-14-15-29-25(16-19)20-12-13-27-24(17-20)22-9-5-4-8-21(22)23-10-6-7-11-26(23)30-27;2*1-18(2)15-19-13-14-28-25(16-19)20-11-12-27-24(17-20)22-8-4-3-7-21(22)23-9-5-6-10-26(23)29-27;2*1-10-4-6-13(7-5-10)14-8-11(2)12(3)9-15-14;1-10-3-6-12(7-4-10)13-8-5-11(2)9-14-13;;;/h4-11,13-17H,18H2,1-3H3;2*3-10,12-14,16-18H,15H2,1-2H3;2*4-6,8-9H,1-3H3;3-6,8-9H,1-2H3;;;/q6*-1;;;/i18D2;2*15D2;2*1D3,2D3,3D3;1D3,2D3;;;. The van der Waals surface area contributed by atoms with Crippen LogP contribution >= 0.6 is 11.8 Å². The fourth-order valence-corrected chi connectivity index (χ4v) is 16.0. The number of hydrogen-bond acceptors (Lipinski definition) is 9. The van der Waals surface area contributed by atoms with Gasteiger partial charge in [-0.2, -0.15) is 0 Å². The van der Waals surface area contributed by atoms with Crippen molar-refractivity contribution in [2.45, 2.75) is 132 Å². The van der Waals surface area contributed by atoms with E-state index in [0.29, 0.717) is 50.5 Å². The van der Waals surface area contributed by atoms with Gasteiger partial charge in [-0.25, -0.2) is 0 Å². The van der Waals surface area contributed by atoms with Gasteiger partial charge in [-0.05, 0) is 197 Å². The number of rotatable bonds is 11. The Morgan fingerprint density at radius 2 is 0.637 bits per heavy atom. The molecular formula is C123H108Ir3N6O2S-6. The molecule has 681 valence electrons. The third-order valence-electron chi connectivity index (χ3n) is 21.0. The van der Waals surface area contributed by atoms with Crippen LogP contribution in [0.5, 0.6) is 23.0 Å². The van der Waals surface area contributed by atoms with Crippen LogP contribution in [0.4, 0.5) is 0 Å². The van der Waals surface area contributed by atoms with E-state index in [-0.39, 0.29) is 128 Å². The first-order chi connectivity index (χ1) is 75.9. The van der Waals surface area contributed by atoms with Crippen molar-refractivity contribution in [2.75, 3.05) is 0 Å². The van der Waals surface area contributed by atoms with Gasteiger partial charge in [0, 0.05) is 155 Å².